The Bertz CT molecular complexity index is 563. The van der Waals surface area contributed by atoms with Crippen LogP contribution in [0.4, 0.5) is 17.3 Å². The standard InChI is InChI=1S/C13H16ClN5/c1-3-11-17-12(7-13(18-11)19-15)16-10-5-4-8(2)6-9(10)14/h4-7H,3,15H2,1-2H3,(H2,16,17,18,19). The number of halogens is 1. The Kier molecular flexibility index (Phi) is 4.19. The van der Waals surface area contributed by atoms with Crippen molar-refractivity contribution in [1.29, 1.82) is 0 Å². The molecule has 0 radical (unpaired) electrons. The van der Waals surface area contributed by atoms with Gasteiger partial charge in [-0.2, -0.15) is 0 Å². The van der Waals surface area contributed by atoms with E-state index in [2.05, 4.69) is 20.7 Å². The Morgan fingerprint density at radius 2 is 1.95 bits per heavy atom. The first-order chi connectivity index (χ1) is 9.12. The van der Waals surface area contributed by atoms with E-state index < -0.39 is 0 Å². The minimum absolute atomic E-state index is 0.567. The summed E-state index contributed by atoms with van der Waals surface area (Å²) >= 11 is 6.18. The Hall–Kier alpha value is -1.85. The highest BCUT2D eigenvalue weighted by atomic mass is 35.5. The average Bonchev–Trinajstić information content (AvgIpc) is 2.41. The van der Waals surface area contributed by atoms with Gasteiger partial charge in [0.15, 0.2) is 0 Å². The number of nitrogen functional groups attached to an aromatic ring is 1. The van der Waals surface area contributed by atoms with Gasteiger partial charge in [0.1, 0.15) is 17.5 Å². The fourth-order valence-electron chi connectivity index (χ4n) is 1.65. The molecule has 0 atom stereocenters. The lowest BCUT2D eigenvalue weighted by molar-refractivity contribution is 0.941. The molecule has 0 aliphatic heterocycles. The smallest absolute Gasteiger partial charge is 0.145 e. The van der Waals surface area contributed by atoms with Gasteiger partial charge in [-0.3, -0.25) is 0 Å². The number of hydrogen-bond acceptors (Lipinski definition) is 5. The predicted molar refractivity (Wildman–Crippen MR) is 78.7 cm³/mol. The number of nitrogens with zero attached hydrogens (tertiary/aromatic N) is 2. The quantitative estimate of drug-likeness (QED) is 0.592. The number of hydrogen-bond donors (Lipinski definition) is 3. The van der Waals surface area contributed by atoms with Crippen molar-refractivity contribution < 1.29 is 0 Å². The summed E-state index contributed by atoms with van der Waals surface area (Å²) in [6.07, 6.45) is 0.728. The second kappa shape index (κ2) is 5.86. The molecule has 0 aliphatic carbocycles. The first-order valence-electron chi connectivity index (χ1n) is 6.00. The average molecular weight is 278 g/mol. The Balaban J connectivity index is 2.31. The third kappa shape index (κ3) is 3.33. The summed E-state index contributed by atoms with van der Waals surface area (Å²) in [7, 11) is 0. The van der Waals surface area contributed by atoms with Crippen LogP contribution in [0.5, 0.6) is 0 Å². The zero-order valence-corrected chi connectivity index (χ0v) is 11.6. The molecule has 0 amide bonds. The van der Waals surface area contributed by atoms with Crippen LogP contribution in [-0.2, 0) is 6.42 Å². The van der Waals surface area contributed by atoms with E-state index in [1.54, 1.807) is 6.07 Å². The summed E-state index contributed by atoms with van der Waals surface area (Å²) in [6, 6.07) is 7.53. The van der Waals surface area contributed by atoms with Crippen molar-refractivity contribution in [2.75, 3.05) is 10.7 Å². The number of nitrogens with two attached hydrogens (primary N) is 1. The Labute approximate surface area is 117 Å². The first kappa shape index (κ1) is 13.6. The molecule has 6 heteroatoms. The van der Waals surface area contributed by atoms with Crippen molar-refractivity contribution in [2.45, 2.75) is 20.3 Å². The van der Waals surface area contributed by atoms with Crippen LogP contribution in [0.2, 0.25) is 5.02 Å². The molecule has 0 saturated carbocycles. The van der Waals surface area contributed by atoms with E-state index in [0.29, 0.717) is 22.5 Å². The molecule has 0 spiro atoms. The predicted octanol–water partition coefficient (Wildman–Crippen LogP) is 3.03. The summed E-state index contributed by atoms with van der Waals surface area (Å²) in [5.74, 6) is 7.33. The van der Waals surface area contributed by atoms with Crippen LogP contribution in [0.1, 0.15) is 18.3 Å². The topological polar surface area (TPSA) is 75.9 Å². The van der Waals surface area contributed by atoms with Crippen LogP contribution in [-0.4, -0.2) is 9.97 Å². The van der Waals surface area contributed by atoms with E-state index in [1.165, 1.54) is 0 Å². The first-order valence-corrected chi connectivity index (χ1v) is 6.38. The van der Waals surface area contributed by atoms with Crippen molar-refractivity contribution >= 4 is 28.9 Å². The summed E-state index contributed by atoms with van der Waals surface area (Å²) in [4.78, 5) is 8.61. The summed E-state index contributed by atoms with van der Waals surface area (Å²) in [6.45, 7) is 3.98. The number of aromatic nitrogens is 2. The maximum absolute atomic E-state index is 6.18. The molecule has 4 N–H and O–H groups in total. The molecule has 100 valence electrons. The van der Waals surface area contributed by atoms with Gasteiger partial charge in [0.05, 0.1) is 10.7 Å². The third-order valence-corrected chi connectivity index (χ3v) is 2.94. The fourth-order valence-corrected chi connectivity index (χ4v) is 1.94. The van der Waals surface area contributed by atoms with E-state index in [4.69, 9.17) is 17.4 Å². The zero-order valence-electron chi connectivity index (χ0n) is 10.9. The monoisotopic (exact) mass is 277 g/mol. The Morgan fingerprint density at radius 3 is 2.58 bits per heavy atom. The van der Waals surface area contributed by atoms with E-state index in [9.17, 15) is 0 Å². The highest BCUT2D eigenvalue weighted by molar-refractivity contribution is 6.33. The lowest BCUT2D eigenvalue weighted by atomic mass is 10.2. The van der Waals surface area contributed by atoms with Crippen LogP contribution < -0.4 is 16.6 Å². The van der Waals surface area contributed by atoms with Crippen LogP contribution in [0.15, 0.2) is 24.3 Å². The number of aryl methyl sites for hydroxylation is 2. The molecular formula is C13H16ClN5. The van der Waals surface area contributed by atoms with Gasteiger partial charge < -0.3 is 10.7 Å². The zero-order chi connectivity index (χ0) is 13.8. The van der Waals surface area contributed by atoms with Crippen molar-refractivity contribution in [2.24, 2.45) is 5.84 Å². The van der Waals surface area contributed by atoms with Gasteiger partial charge in [-0.1, -0.05) is 24.6 Å². The van der Waals surface area contributed by atoms with Gasteiger partial charge in [0, 0.05) is 12.5 Å². The molecule has 1 aromatic heterocycles. The normalized spacial score (nSPS) is 10.3. The highest BCUT2D eigenvalue weighted by Crippen LogP contribution is 2.26. The molecular weight excluding hydrogens is 262 g/mol. The second-order valence-corrected chi connectivity index (χ2v) is 4.57. The van der Waals surface area contributed by atoms with E-state index in [-0.39, 0.29) is 0 Å². The number of benzene rings is 1. The SMILES string of the molecule is CCc1nc(NN)cc(Nc2ccc(C)cc2Cl)n1. The van der Waals surface area contributed by atoms with Crippen LogP contribution in [0.3, 0.4) is 0 Å². The fraction of sp³-hybridized carbons (Fsp3) is 0.231. The number of anilines is 3. The number of hydrazine groups is 1. The molecule has 19 heavy (non-hydrogen) atoms. The number of rotatable bonds is 4. The number of nitrogens with one attached hydrogen (secondary N) is 2. The van der Waals surface area contributed by atoms with Gasteiger partial charge in [-0.15, -0.1) is 0 Å². The van der Waals surface area contributed by atoms with Crippen LogP contribution in [0.25, 0.3) is 0 Å². The lowest BCUT2D eigenvalue weighted by Gasteiger charge is -2.10. The van der Waals surface area contributed by atoms with E-state index in [1.807, 2.05) is 32.0 Å². The van der Waals surface area contributed by atoms with Gasteiger partial charge in [0.2, 0.25) is 0 Å². The van der Waals surface area contributed by atoms with Crippen molar-refractivity contribution in [3.8, 4) is 0 Å². The summed E-state index contributed by atoms with van der Waals surface area (Å²) in [5.41, 5.74) is 4.44. The van der Waals surface area contributed by atoms with Gasteiger partial charge in [-0.05, 0) is 24.6 Å². The summed E-state index contributed by atoms with van der Waals surface area (Å²) in [5, 5.41) is 3.82. The van der Waals surface area contributed by atoms with Gasteiger partial charge >= 0.3 is 0 Å². The molecule has 0 saturated heterocycles. The molecule has 0 unspecified atom stereocenters. The third-order valence-electron chi connectivity index (χ3n) is 2.62. The maximum Gasteiger partial charge on any atom is 0.145 e. The van der Waals surface area contributed by atoms with Gasteiger partial charge in [0.25, 0.3) is 0 Å². The molecule has 1 aromatic carbocycles. The Morgan fingerprint density at radius 1 is 1.21 bits per heavy atom. The van der Waals surface area contributed by atoms with Crippen molar-refractivity contribution in [3.05, 3.63) is 40.7 Å². The van der Waals surface area contributed by atoms with Crippen molar-refractivity contribution in [1.82, 2.24) is 9.97 Å². The molecule has 1 heterocycles. The minimum Gasteiger partial charge on any atom is -0.339 e. The largest absolute Gasteiger partial charge is 0.339 e. The van der Waals surface area contributed by atoms with E-state index in [0.717, 1.165) is 17.7 Å². The second-order valence-electron chi connectivity index (χ2n) is 4.16. The highest BCUT2D eigenvalue weighted by Gasteiger charge is 2.05. The lowest BCUT2D eigenvalue weighted by Crippen LogP contribution is -2.11. The minimum atomic E-state index is 0.567. The molecule has 5 nitrogen and oxygen atoms in total. The van der Waals surface area contributed by atoms with E-state index >= 15 is 0 Å². The maximum atomic E-state index is 6.18. The molecule has 0 aliphatic rings. The molecule has 2 rings (SSSR count). The van der Waals surface area contributed by atoms with Crippen LogP contribution >= 0.6 is 11.6 Å². The van der Waals surface area contributed by atoms with Crippen LogP contribution in [0, 0.1) is 6.92 Å². The van der Waals surface area contributed by atoms with Crippen molar-refractivity contribution in [3.63, 3.8) is 0 Å². The molecule has 2 aromatic rings. The molecule has 0 fully saturated rings. The molecule has 0 bridgehead atoms. The van der Waals surface area contributed by atoms with Gasteiger partial charge in [-0.25, -0.2) is 15.8 Å². The summed E-state index contributed by atoms with van der Waals surface area (Å²) < 4.78 is 0.